The Morgan fingerprint density at radius 1 is 1.00 bits per heavy atom. The average molecular weight is 338 g/mol. The summed E-state index contributed by atoms with van der Waals surface area (Å²) in [6.07, 6.45) is 5.54. The second-order valence-corrected chi connectivity index (χ2v) is 6.62. The molecule has 23 heavy (non-hydrogen) atoms. The maximum atomic E-state index is 12.4. The largest absolute Gasteiger partial charge is 0.366 e. The van der Waals surface area contributed by atoms with E-state index in [-0.39, 0.29) is 30.4 Å². The van der Waals surface area contributed by atoms with Crippen molar-refractivity contribution in [2.75, 3.05) is 0 Å². The summed E-state index contributed by atoms with van der Waals surface area (Å²) in [5, 5.41) is 3.20. The number of carbonyl (C=O) groups is 2. The summed E-state index contributed by atoms with van der Waals surface area (Å²) < 4.78 is 0. The fraction of sp³-hybridized carbons (Fsp3) is 0.529. The van der Waals surface area contributed by atoms with Gasteiger partial charge in [0, 0.05) is 23.2 Å². The first-order valence-electron chi connectivity index (χ1n) is 8.01. The highest BCUT2D eigenvalue weighted by atomic mass is 35.5. The molecule has 6 heteroatoms. The van der Waals surface area contributed by atoms with E-state index in [4.69, 9.17) is 11.5 Å². The third-order valence-electron chi connectivity index (χ3n) is 5.11. The van der Waals surface area contributed by atoms with Crippen molar-refractivity contribution < 1.29 is 9.59 Å². The number of rotatable bonds is 3. The van der Waals surface area contributed by atoms with Crippen LogP contribution < -0.4 is 16.8 Å². The minimum Gasteiger partial charge on any atom is -0.366 e. The Morgan fingerprint density at radius 3 is 2.04 bits per heavy atom. The third kappa shape index (κ3) is 3.85. The molecule has 0 radical (unpaired) electrons. The number of fused-ring (bicyclic) bond motifs is 2. The smallest absolute Gasteiger partial charge is 0.251 e. The monoisotopic (exact) mass is 337 g/mol. The van der Waals surface area contributed by atoms with E-state index in [0.717, 1.165) is 25.7 Å². The number of carbonyl (C=O) groups excluding carboxylic acids is 2. The first kappa shape index (κ1) is 17.8. The Balaban J connectivity index is 0.00000192. The lowest BCUT2D eigenvalue weighted by atomic mass is 9.67. The lowest BCUT2D eigenvalue weighted by molar-refractivity contribution is 0.0755. The SMILES string of the molecule is Cl.NC(=O)c1ccc(C(=O)NC2C3CCCC2CC(N)C3)cc1. The molecule has 0 aliphatic heterocycles. The van der Waals surface area contributed by atoms with Gasteiger partial charge in [0.1, 0.15) is 0 Å². The van der Waals surface area contributed by atoms with Gasteiger partial charge < -0.3 is 16.8 Å². The number of halogens is 1. The van der Waals surface area contributed by atoms with Gasteiger partial charge in [0.2, 0.25) is 5.91 Å². The molecule has 2 aliphatic carbocycles. The van der Waals surface area contributed by atoms with Crippen molar-refractivity contribution >= 4 is 24.2 Å². The minimum absolute atomic E-state index is 0. The number of primary amides is 1. The lowest BCUT2D eigenvalue weighted by Gasteiger charge is -2.45. The second-order valence-electron chi connectivity index (χ2n) is 6.62. The van der Waals surface area contributed by atoms with Gasteiger partial charge in [-0.1, -0.05) is 6.42 Å². The number of nitrogens with two attached hydrogens (primary N) is 2. The highest BCUT2D eigenvalue weighted by Crippen LogP contribution is 2.39. The molecular formula is C17H24ClN3O2. The molecule has 5 N–H and O–H groups in total. The average Bonchev–Trinajstić information content (AvgIpc) is 2.48. The molecule has 126 valence electrons. The molecule has 1 aromatic rings. The predicted molar refractivity (Wildman–Crippen MR) is 91.5 cm³/mol. The Labute approximate surface area is 142 Å². The molecule has 2 aliphatic rings. The summed E-state index contributed by atoms with van der Waals surface area (Å²) in [4.78, 5) is 23.5. The fourth-order valence-electron chi connectivity index (χ4n) is 4.05. The van der Waals surface area contributed by atoms with Crippen molar-refractivity contribution in [1.29, 1.82) is 0 Å². The predicted octanol–water partition coefficient (Wildman–Crippen LogP) is 1.84. The van der Waals surface area contributed by atoms with Crippen LogP contribution in [0, 0.1) is 11.8 Å². The Hall–Kier alpha value is -1.59. The molecule has 3 rings (SSSR count). The third-order valence-corrected chi connectivity index (χ3v) is 5.11. The van der Waals surface area contributed by atoms with Crippen molar-refractivity contribution in [3.63, 3.8) is 0 Å². The van der Waals surface area contributed by atoms with E-state index >= 15 is 0 Å². The summed E-state index contributed by atoms with van der Waals surface area (Å²) in [6, 6.07) is 7.00. The molecule has 0 heterocycles. The highest BCUT2D eigenvalue weighted by molar-refractivity contribution is 5.97. The van der Waals surface area contributed by atoms with Crippen LogP contribution in [0.5, 0.6) is 0 Å². The van der Waals surface area contributed by atoms with E-state index in [9.17, 15) is 9.59 Å². The first-order valence-corrected chi connectivity index (χ1v) is 8.01. The first-order chi connectivity index (χ1) is 10.5. The van der Waals surface area contributed by atoms with E-state index in [1.165, 1.54) is 6.42 Å². The Bertz CT molecular complexity index is 562. The molecule has 0 spiro atoms. The molecule has 2 bridgehead atoms. The molecule has 0 aromatic heterocycles. The van der Waals surface area contributed by atoms with Gasteiger partial charge in [0.15, 0.2) is 0 Å². The van der Waals surface area contributed by atoms with Gasteiger partial charge in [-0.15, -0.1) is 12.4 Å². The zero-order chi connectivity index (χ0) is 15.7. The topological polar surface area (TPSA) is 98.2 Å². The van der Waals surface area contributed by atoms with E-state index < -0.39 is 5.91 Å². The molecule has 5 nitrogen and oxygen atoms in total. The van der Waals surface area contributed by atoms with Crippen LogP contribution >= 0.6 is 12.4 Å². The van der Waals surface area contributed by atoms with Crippen LogP contribution in [0.4, 0.5) is 0 Å². The van der Waals surface area contributed by atoms with Gasteiger partial charge in [-0.2, -0.15) is 0 Å². The molecular weight excluding hydrogens is 314 g/mol. The van der Waals surface area contributed by atoms with E-state index in [1.54, 1.807) is 24.3 Å². The van der Waals surface area contributed by atoms with Gasteiger partial charge in [0.05, 0.1) is 0 Å². The summed E-state index contributed by atoms with van der Waals surface area (Å²) in [6.45, 7) is 0. The molecule has 2 saturated carbocycles. The Kier molecular flexibility index (Phi) is 5.65. The van der Waals surface area contributed by atoms with Crippen molar-refractivity contribution in [2.24, 2.45) is 23.3 Å². The van der Waals surface area contributed by atoms with Gasteiger partial charge in [-0.3, -0.25) is 9.59 Å². The number of benzene rings is 1. The zero-order valence-corrected chi connectivity index (χ0v) is 13.9. The van der Waals surface area contributed by atoms with E-state index in [2.05, 4.69) is 5.32 Å². The Morgan fingerprint density at radius 2 is 1.52 bits per heavy atom. The molecule has 2 fully saturated rings. The fourth-order valence-corrected chi connectivity index (χ4v) is 4.05. The molecule has 2 amide bonds. The molecule has 1 aromatic carbocycles. The zero-order valence-electron chi connectivity index (χ0n) is 13.0. The minimum atomic E-state index is -0.484. The maximum absolute atomic E-state index is 12.4. The van der Waals surface area contributed by atoms with Crippen LogP contribution in [0.1, 0.15) is 52.8 Å². The van der Waals surface area contributed by atoms with Crippen LogP contribution in [-0.4, -0.2) is 23.9 Å². The second kappa shape index (κ2) is 7.32. The van der Waals surface area contributed by atoms with Crippen LogP contribution in [0.2, 0.25) is 0 Å². The van der Waals surface area contributed by atoms with Crippen molar-refractivity contribution in [2.45, 2.75) is 44.2 Å². The standard InChI is InChI=1S/C17H23N3O2.ClH/c18-14-8-12-2-1-3-13(9-14)15(12)20-17(22)11-6-4-10(5-7-11)16(19)21;/h4-7,12-15H,1-3,8-9,18H2,(H2,19,21)(H,20,22);1H. The van der Waals surface area contributed by atoms with Crippen LogP contribution in [0.25, 0.3) is 0 Å². The number of hydrogen-bond acceptors (Lipinski definition) is 3. The highest BCUT2D eigenvalue weighted by Gasteiger charge is 2.39. The normalized spacial score (nSPS) is 29.3. The van der Waals surface area contributed by atoms with Gasteiger partial charge >= 0.3 is 0 Å². The summed E-state index contributed by atoms with van der Waals surface area (Å²) in [7, 11) is 0. The van der Waals surface area contributed by atoms with Gasteiger partial charge in [-0.25, -0.2) is 0 Å². The number of hydrogen-bond donors (Lipinski definition) is 3. The van der Waals surface area contributed by atoms with E-state index in [1.807, 2.05) is 0 Å². The molecule has 2 unspecified atom stereocenters. The van der Waals surface area contributed by atoms with E-state index in [0.29, 0.717) is 23.0 Å². The summed E-state index contributed by atoms with van der Waals surface area (Å²) >= 11 is 0. The van der Waals surface area contributed by atoms with Crippen LogP contribution in [0.15, 0.2) is 24.3 Å². The quantitative estimate of drug-likeness (QED) is 0.784. The maximum Gasteiger partial charge on any atom is 0.251 e. The number of nitrogens with one attached hydrogen (secondary N) is 1. The molecule has 2 atom stereocenters. The van der Waals surface area contributed by atoms with Gasteiger partial charge in [-0.05, 0) is 61.8 Å². The number of amides is 2. The summed E-state index contributed by atoms with van der Waals surface area (Å²) in [5.74, 6) is 0.434. The van der Waals surface area contributed by atoms with Crippen molar-refractivity contribution in [1.82, 2.24) is 5.32 Å². The van der Waals surface area contributed by atoms with Crippen molar-refractivity contribution in [3.05, 3.63) is 35.4 Å². The summed E-state index contributed by atoms with van der Waals surface area (Å²) in [5.41, 5.74) is 12.3. The lowest BCUT2D eigenvalue weighted by Crippen LogP contribution is -2.53. The molecule has 0 saturated heterocycles. The van der Waals surface area contributed by atoms with Crippen LogP contribution in [-0.2, 0) is 0 Å². The van der Waals surface area contributed by atoms with Crippen molar-refractivity contribution in [3.8, 4) is 0 Å². The van der Waals surface area contributed by atoms with Crippen LogP contribution in [0.3, 0.4) is 0 Å². The van der Waals surface area contributed by atoms with Gasteiger partial charge in [0.25, 0.3) is 5.91 Å².